The van der Waals surface area contributed by atoms with Crippen LogP contribution in [0.5, 0.6) is 11.5 Å². The molecule has 0 radical (unpaired) electrons. The maximum absolute atomic E-state index is 13.2. The molecule has 0 unspecified atom stereocenters. The van der Waals surface area contributed by atoms with E-state index in [9.17, 15) is 13.2 Å². The van der Waals surface area contributed by atoms with E-state index in [0.29, 0.717) is 68.7 Å². The Morgan fingerprint density at radius 1 is 1.06 bits per heavy atom. The van der Waals surface area contributed by atoms with Gasteiger partial charge in [-0.25, -0.2) is 8.42 Å². The van der Waals surface area contributed by atoms with E-state index in [2.05, 4.69) is 10.2 Å². The quantitative estimate of drug-likeness (QED) is 0.545. The van der Waals surface area contributed by atoms with E-state index in [1.807, 2.05) is 20.8 Å². The predicted octanol–water partition coefficient (Wildman–Crippen LogP) is 3.21. The number of hydrogen-bond acceptors (Lipinski definition) is 7. The average molecular weight is 492 g/mol. The highest BCUT2D eigenvalue weighted by molar-refractivity contribution is 7.89. The van der Waals surface area contributed by atoms with Crippen LogP contribution in [-0.2, 0) is 14.8 Å². The molecule has 0 aliphatic carbocycles. The van der Waals surface area contributed by atoms with Crippen LogP contribution in [0.4, 0.5) is 11.4 Å². The van der Waals surface area contributed by atoms with Gasteiger partial charge in [0.2, 0.25) is 10.0 Å². The molecule has 2 aromatic rings. The zero-order valence-corrected chi connectivity index (χ0v) is 21.0. The predicted molar refractivity (Wildman–Crippen MR) is 132 cm³/mol. The number of morpholine rings is 1. The fourth-order valence-electron chi connectivity index (χ4n) is 3.83. The Morgan fingerprint density at radius 3 is 2.38 bits per heavy atom. The third-order valence-electron chi connectivity index (χ3n) is 5.65. The van der Waals surface area contributed by atoms with Crippen LogP contribution >= 0.6 is 0 Å². The van der Waals surface area contributed by atoms with Gasteiger partial charge in [-0.2, -0.15) is 4.31 Å². The molecule has 1 heterocycles. The van der Waals surface area contributed by atoms with E-state index in [-0.39, 0.29) is 10.8 Å². The Balaban J connectivity index is 1.97. The number of sulfonamides is 1. The Labute approximate surface area is 201 Å². The van der Waals surface area contributed by atoms with E-state index in [1.165, 1.54) is 17.5 Å². The summed E-state index contributed by atoms with van der Waals surface area (Å²) in [5.74, 6) is 0.613. The molecule has 1 aliphatic heterocycles. The molecule has 1 N–H and O–H groups in total. The second kappa shape index (κ2) is 11.5. The molecule has 3 rings (SSSR count). The number of benzene rings is 2. The van der Waals surface area contributed by atoms with Crippen molar-refractivity contribution < 1.29 is 27.4 Å². The molecule has 1 saturated heterocycles. The molecule has 2 aromatic carbocycles. The van der Waals surface area contributed by atoms with E-state index < -0.39 is 10.0 Å². The highest BCUT2D eigenvalue weighted by atomic mass is 32.2. The van der Waals surface area contributed by atoms with Gasteiger partial charge >= 0.3 is 0 Å². The molecular formula is C24H33N3O6S. The zero-order chi connectivity index (χ0) is 24.7. The summed E-state index contributed by atoms with van der Waals surface area (Å²) in [5, 5.41) is 2.91. The average Bonchev–Trinajstić information content (AvgIpc) is 2.86. The summed E-state index contributed by atoms with van der Waals surface area (Å²) in [5.41, 5.74) is 1.54. The Hall–Kier alpha value is -2.82. The summed E-state index contributed by atoms with van der Waals surface area (Å²) in [4.78, 5) is 15.3. The normalized spacial score (nSPS) is 14.5. The maximum atomic E-state index is 13.2. The van der Waals surface area contributed by atoms with Gasteiger partial charge in [0.25, 0.3) is 5.91 Å². The minimum atomic E-state index is -3.72. The monoisotopic (exact) mass is 491 g/mol. The Bertz CT molecular complexity index is 1100. The maximum Gasteiger partial charge on any atom is 0.255 e. The summed E-state index contributed by atoms with van der Waals surface area (Å²) < 4.78 is 44.0. The van der Waals surface area contributed by atoms with Crippen LogP contribution in [0.3, 0.4) is 0 Å². The first-order valence-corrected chi connectivity index (χ1v) is 12.9. The summed E-state index contributed by atoms with van der Waals surface area (Å²) in [6.45, 7) is 9.07. The number of methoxy groups -OCH3 is 1. The van der Waals surface area contributed by atoms with Gasteiger partial charge in [-0.15, -0.1) is 0 Å². The summed E-state index contributed by atoms with van der Waals surface area (Å²) in [6, 6.07) is 9.80. The number of hydrogen-bond donors (Lipinski definition) is 1. The van der Waals surface area contributed by atoms with Crippen molar-refractivity contribution in [1.29, 1.82) is 0 Å². The lowest BCUT2D eigenvalue weighted by molar-refractivity contribution is 0.0730. The van der Waals surface area contributed by atoms with Gasteiger partial charge in [0.15, 0.2) is 11.5 Å². The number of rotatable bonds is 10. The highest BCUT2D eigenvalue weighted by Gasteiger charge is 2.27. The largest absolute Gasteiger partial charge is 0.493 e. The molecule has 10 heteroatoms. The van der Waals surface area contributed by atoms with Gasteiger partial charge in [0, 0.05) is 31.7 Å². The van der Waals surface area contributed by atoms with Crippen LogP contribution in [-0.4, -0.2) is 71.7 Å². The standard InChI is InChI=1S/C24H33N3O6S/c1-5-26(6-2)21-10-9-19(34(29,30)27-12-14-32-15-13-27)17-20(21)25-24(28)18-8-11-22(33-7-3)23(16-18)31-4/h8-11,16-17H,5-7,12-15H2,1-4H3,(H,25,28). The first-order valence-electron chi connectivity index (χ1n) is 11.4. The summed E-state index contributed by atoms with van der Waals surface area (Å²) >= 11 is 0. The lowest BCUT2D eigenvalue weighted by atomic mass is 10.1. The molecule has 0 saturated carbocycles. The SMILES string of the molecule is CCOc1ccc(C(=O)Nc2cc(S(=O)(=O)N3CCOCC3)ccc2N(CC)CC)cc1OC. The van der Waals surface area contributed by atoms with Crippen LogP contribution in [0.2, 0.25) is 0 Å². The lowest BCUT2D eigenvalue weighted by Gasteiger charge is -2.28. The lowest BCUT2D eigenvalue weighted by Crippen LogP contribution is -2.40. The number of anilines is 2. The number of nitrogens with zero attached hydrogens (tertiary/aromatic N) is 2. The first-order chi connectivity index (χ1) is 16.3. The smallest absolute Gasteiger partial charge is 0.255 e. The van der Waals surface area contributed by atoms with E-state index in [1.54, 1.807) is 30.3 Å². The van der Waals surface area contributed by atoms with Crippen molar-refractivity contribution >= 4 is 27.3 Å². The Morgan fingerprint density at radius 2 is 1.76 bits per heavy atom. The second-order valence-electron chi connectivity index (χ2n) is 7.62. The molecule has 0 atom stereocenters. The molecule has 0 bridgehead atoms. The summed E-state index contributed by atoms with van der Waals surface area (Å²) in [7, 11) is -2.20. The van der Waals surface area contributed by atoms with Crippen LogP contribution in [0.25, 0.3) is 0 Å². The van der Waals surface area contributed by atoms with Crippen molar-refractivity contribution in [2.75, 3.05) is 63.3 Å². The second-order valence-corrected chi connectivity index (χ2v) is 9.56. The van der Waals surface area contributed by atoms with E-state index in [0.717, 1.165) is 5.69 Å². The van der Waals surface area contributed by atoms with Gasteiger partial charge in [-0.3, -0.25) is 4.79 Å². The number of ether oxygens (including phenoxy) is 3. The number of amides is 1. The molecule has 1 amide bonds. The summed E-state index contributed by atoms with van der Waals surface area (Å²) in [6.07, 6.45) is 0. The van der Waals surface area contributed by atoms with Crippen molar-refractivity contribution in [3.8, 4) is 11.5 Å². The number of nitrogens with one attached hydrogen (secondary N) is 1. The van der Waals surface area contributed by atoms with Gasteiger partial charge in [-0.05, 0) is 57.2 Å². The molecule has 1 aliphatic rings. The fraction of sp³-hybridized carbons (Fsp3) is 0.458. The number of carbonyl (C=O) groups excluding carboxylic acids is 1. The van der Waals surface area contributed by atoms with Crippen molar-refractivity contribution in [3.63, 3.8) is 0 Å². The minimum absolute atomic E-state index is 0.130. The molecule has 1 fully saturated rings. The minimum Gasteiger partial charge on any atom is -0.493 e. The third kappa shape index (κ3) is 5.63. The molecule has 186 valence electrons. The fourth-order valence-corrected chi connectivity index (χ4v) is 5.26. The van der Waals surface area contributed by atoms with Crippen molar-refractivity contribution in [2.24, 2.45) is 0 Å². The Kier molecular flexibility index (Phi) is 8.76. The van der Waals surface area contributed by atoms with Gasteiger partial charge < -0.3 is 24.4 Å². The topological polar surface area (TPSA) is 97.4 Å². The van der Waals surface area contributed by atoms with Crippen LogP contribution in [0, 0.1) is 0 Å². The molecule has 34 heavy (non-hydrogen) atoms. The van der Waals surface area contributed by atoms with Crippen molar-refractivity contribution in [1.82, 2.24) is 4.31 Å². The van der Waals surface area contributed by atoms with E-state index in [4.69, 9.17) is 14.2 Å². The van der Waals surface area contributed by atoms with Gasteiger partial charge in [-0.1, -0.05) is 0 Å². The van der Waals surface area contributed by atoms with Crippen molar-refractivity contribution in [3.05, 3.63) is 42.0 Å². The van der Waals surface area contributed by atoms with Crippen LogP contribution < -0.4 is 19.7 Å². The van der Waals surface area contributed by atoms with Gasteiger partial charge in [0.1, 0.15) is 0 Å². The molecular weight excluding hydrogens is 458 g/mol. The first kappa shape index (κ1) is 25.8. The van der Waals surface area contributed by atoms with Crippen LogP contribution in [0.1, 0.15) is 31.1 Å². The van der Waals surface area contributed by atoms with Crippen molar-refractivity contribution in [2.45, 2.75) is 25.7 Å². The zero-order valence-electron chi connectivity index (χ0n) is 20.2. The molecule has 0 aromatic heterocycles. The molecule has 0 spiro atoms. The third-order valence-corrected chi connectivity index (χ3v) is 7.55. The highest BCUT2D eigenvalue weighted by Crippen LogP contribution is 2.32. The molecule has 9 nitrogen and oxygen atoms in total. The van der Waals surface area contributed by atoms with Crippen LogP contribution in [0.15, 0.2) is 41.3 Å². The van der Waals surface area contributed by atoms with Gasteiger partial charge in [0.05, 0.1) is 43.2 Å². The number of carbonyl (C=O) groups is 1. The van der Waals surface area contributed by atoms with E-state index >= 15 is 0 Å².